The summed E-state index contributed by atoms with van der Waals surface area (Å²) in [7, 11) is 4.72. The van der Waals surface area contributed by atoms with E-state index in [9.17, 15) is 23.9 Å². The van der Waals surface area contributed by atoms with Crippen LogP contribution in [0.2, 0.25) is 0 Å². The predicted molar refractivity (Wildman–Crippen MR) is 87.1 cm³/mol. The first kappa shape index (κ1) is 20.5. The Morgan fingerprint density at radius 3 is 2.44 bits per heavy atom. The molecule has 0 aromatic heterocycles. The molecule has 0 aliphatic rings. The van der Waals surface area contributed by atoms with E-state index in [1.807, 2.05) is 0 Å². The second kappa shape index (κ2) is 9.09. The molecule has 138 valence electrons. The summed E-state index contributed by atoms with van der Waals surface area (Å²) >= 11 is 0. The summed E-state index contributed by atoms with van der Waals surface area (Å²) in [6, 6.07) is 3.87. The SMILES string of the molecule is CN(C)C(=O)c1cc(F)cc(N(C)CCO[C@@H](C=O)C(O)C(=O)O)c1. The van der Waals surface area contributed by atoms with E-state index in [4.69, 9.17) is 9.84 Å². The van der Waals surface area contributed by atoms with Crippen molar-refractivity contribution < 1.29 is 33.7 Å². The first-order valence-electron chi connectivity index (χ1n) is 7.38. The summed E-state index contributed by atoms with van der Waals surface area (Å²) in [5.41, 5.74) is 0.593. The number of aldehydes is 1. The Kier molecular flexibility index (Phi) is 7.46. The van der Waals surface area contributed by atoms with E-state index in [0.717, 1.165) is 6.07 Å². The van der Waals surface area contributed by atoms with Gasteiger partial charge in [-0.1, -0.05) is 0 Å². The summed E-state index contributed by atoms with van der Waals surface area (Å²) < 4.78 is 18.8. The van der Waals surface area contributed by atoms with Gasteiger partial charge in [0.2, 0.25) is 0 Å². The van der Waals surface area contributed by atoms with Gasteiger partial charge in [0.15, 0.2) is 12.4 Å². The van der Waals surface area contributed by atoms with E-state index >= 15 is 0 Å². The van der Waals surface area contributed by atoms with Gasteiger partial charge in [-0.25, -0.2) is 9.18 Å². The molecule has 1 rings (SSSR count). The standard InChI is InChI=1S/C16H21FN2O6/c1-18(2)15(22)10-6-11(17)8-12(7-10)19(3)4-5-25-13(9-20)14(21)16(23)24/h6-9,13-14,21H,4-5H2,1-3H3,(H,23,24)/t13-,14?/m0/s1. The molecule has 0 radical (unpaired) electrons. The number of amides is 1. The van der Waals surface area contributed by atoms with E-state index in [2.05, 4.69) is 0 Å². The second-order valence-electron chi connectivity index (χ2n) is 5.57. The minimum Gasteiger partial charge on any atom is -0.479 e. The molecule has 0 saturated heterocycles. The van der Waals surface area contributed by atoms with Crippen molar-refractivity contribution in [2.75, 3.05) is 39.2 Å². The summed E-state index contributed by atoms with van der Waals surface area (Å²) in [6.07, 6.45) is -3.25. The summed E-state index contributed by atoms with van der Waals surface area (Å²) in [5.74, 6) is -2.50. The molecule has 2 atom stereocenters. The first-order chi connectivity index (χ1) is 11.7. The topological polar surface area (TPSA) is 107 Å². The van der Waals surface area contributed by atoms with Crippen molar-refractivity contribution in [1.29, 1.82) is 0 Å². The molecule has 8 nitrogen and oxygen atoms in total. The highest BCUT2D eigenvalue weighted by Gasteiger charge is 2.26. The average molecular weight is 356 g/mol. The fourth-order valence-electron chi connectivity index (χ4n) is 1.98. The average Bonchev–Trinajstić information content (AvgIpc) is 2.56. The Bertz CT molecular complexity index is 637. The molecule has 1 aromatic rings. The number of hydrogen-bond donors (Lipinski definition) is 2. The van der Waals surface area contributed by atoms with Crippen LogP contribution in [0.4, 0.5) is 10.1 Å². The van der Waals surface area contributed by atoms with E-state index in [-0.39, 0.29) is 30.9 Å². The third-order valence-corrected chi connectivity index (χ3v) is 3.41. The Morgan fingerprint density at radius 2 is 1.92 bits per heavy atom. The fraction of sp³-hybridized carbons (Fsp3) is 0.438. The zero-order valence-electron chi connectivity index (χ0n) is 14.2. The molecule has 0 aliphatic heterocycles. The number of likely N-dealkylation sites (N-methyl/N-ethyl adjacent to an activating group) is 1. The van der Waals surface area contributed by atoms with Crippen molar-refractivity contribution in [1.82, 2.24) is 4.90 Å². The van der Waals surface area contributed by atoms with Crippen molar-refractivity contribution >= 4 is 23.9 Å². The lowest BCUT2D eigenvalue weighted by Crippen LogP contribution is -2.38. The number of ether oxygens (including phenoxy) is 1. The monoisotopic (exact) mass is 356 g/mol. The summed E-state index contributed by atoms with van der Waals surface area (Å²) in [5, 5.41) is 17.9. The maximum Gasteiger partial charge on any atom is 0.335 e. The molecule has 1 unspecified atom stereocenters. The van der Waals surface area contributed by atoms with Gasteiger partial charge in [-0.15, -0.1) is 0 Å². The number of aliphatic hydroxyl groups is 1. The molecule has 25 heavy (non-hydrogen) atoms. The van der Waals surface area contributed by atoms with Crippen LogP contribution in [-0.2, 0) is 14.3 Å². The minimum absolute atomic E-state index is 0.0856. The number of nitrogens with zero attached hydrogens (tertiary/aromatic N) is 2. The first-order valence-corrected chi connectivity index (χ1v) is 7.38. The van der Waals surface area contributed by atoms with Crippen LogP contribution in [0.5, 0.6) is 0 Å². The van der Waals surface area contributed by atoms with E-state index in [1.165, 1.54) is 17.0 Å². The van der Waals surface area contributed by atoms with Crippen LogP contribution in [0.15, 0.2) is 18.2 Å². The quantitative estimate of drug-likeness (QED) is 0.599. The molecule has 0 saturated carbocycles. The molecule has 0 spiro atoms. The van der Waals surface area contributed by atoms with Gasteiger partial charge < -0.3 is 29.5 Å². The maximum absolute atomic E-state index is 13.7. The van der Waals surface area contributed by atoms with Gasteiger partial charge in [-0.2, -0.15) is 0 Å². The van der Waals surface area contributed by atoms with Gasteiger partial charge in [0.05, 0.1) is 6.61 Å². The highest BCUT2D eigenvalue weighted by molar-refractivity contribution is 5.94. The van der Waals surface area contributed by atoms with Crippen LogP contribution in [0, 0.1) is 5.82 Å². The lowest BCUT2D eigenvalue weighted by atomic mass is 10.1. The molecule has 1 amide bonds. The number of aliphatic carboxylic acids is 1. The van der Waals surface area contributed by atoms with Crippen molar-refractivity contribution in [3.8, 4) is 0 Å². The third kappa shape index (κ3) is 5.80. The normalized spacial score (nSPS) is 13.0. The predicted octanol–water partition coefficient (Wildman–Crippen LogP) is -0.00670. The molecule has 0 bridgehead atoms. The number of anilines is 1. The van der Waals surface area contributed by atoms with E-state index in [0.29, 0.717) is 5.69 Å². The second-order valence-corrected chi connectivity index (χ2v) is 5.57. The summed E-state index contributed by atoms with van der Waals surface area (Å²) in [4.78, 5) is 36.2. The molecular formula is C16H21FN2O6. The number of carboxylic acids is 1. The van der Waals surface area contributed by atoms with Crippen LogP contribution in [-0.4, -0.2) is 79.8 Å². The van der Waals surface area contributed by atoms with Crippen molar-refractivity contribution in [2.45, 2.75) is 12.2 Å². The molecule has 0 fully saturated rings. The maximum atomic E-state index is 13.7. The molecule has 1 aromatic carbocycles. The molecule has 9 heteroatoms. The molecule has 2 N–H and O–H groups in total. The highest BCUT2D eigenvalue weighted by atomic mass is 19.1. The van der Waals surface area contributed by atoms with E-state index < -0.39 is 24.0 Å². The van der Waals surface area contributed by atoms with Gasteiger partial charge in [0, 0.05) is 38.9 Å². The zero-order chi connectivity index (χ0) is 19.1. The zero-order valence-corrected chi connectivity index (χ0v) is 14.2. The Labute approximate surface area is 144 Å². The molecule has 0 heterocycles. The van der Waals surface area contributed by atoms with Crippen molar-refractivity contribution in [2.24, 2.45) is 0 Å². The minimum atomic E-state index is -1.96. The largest absolute Gasteiger partial charge is 0.479 e. The van der Waals surface area contributed by atoms with Crippen molar-refractivity contribution in [3.63, 3.8) is 0 Å². The molecule has 0 aliphatic carbocycles. The number of carbonyl (C=O) groups is 3. The molecular weight excluding hydrogens is 335 g/mol. The lowest BCUT2D eigenvalue weighted by Gasteiger charge is -2.22. The number of hydrogen-bond acceptors (Lipinski definition) is 6. The smallest absolute Gasteiger partial charge is 0.335 e. The Balaban J connectivity index is 2.74. The van der Waals surface area contributed by atoms with Crippen LogP contribution >= 0.6 is 0 Å². The van der Waals surface area contributed by atoms with Crippen molar-refractivity contribution in [3.05, 3.63) is 29.6 Å². The fourth-order valence-corrected chi connectivity index (χ4v) is 1.98. The van der Waals surface area contributed by atoms with Gasteiger partial charge in [-0.3, -0.25) is 4.79 Å². The lowest BCUT2D eigenvalue weighted by molar-refractivity contribution is -0.157. The Hall–Kier alpha value is -2.52. The van der Waals surface area contributed by atoms with Crippen LogP contribution in [0.1, 0.15) is 10.4 Å². The van der Waals surface area contributed by atoms with Crippen LogP contribution < -0.4 is 4.90 Å². The van der Waals surface area contributed by atoms with Gasteiger partial charge in [-0.05, 0) is 18.2 Å². The number of halogens is 1. The number of carboxylic acid groups (broad SMARTS) is 1. The van der Waals surface area contributed by atoms with Crippen LogP contribution in [0.25, 0.3) is 0 Å². The summed E-state index contributed by atoms with van der Waals surface area (Å²) in [6.45, 7) is 0.0907. The van der Waals surface area contributed by atoms with Gasteiger partial charge >= 0.3 is 5.97 Å². The highest BCUT2D eigenvalue weighted by Crippen LogP contribution is 2.18. The van der Waals surface area contributed by atoms with Crippen LogP contribution in [0.3, 0.4) is 0 Å². The van der Waals surface area contributed by atoms with E-state index in [1.54, 1.807) is 26.0 Å². The number of carbonyl (C=O) groups excluding carboxylic acids is 2. The third-order valence-electron chi connectivity index (χ3n) is 3.41. The number of rotatable bonds is 9. The van der Waals surface area contributed by atoms with Gasteiger partial charge in [0.1, 0.15) is 11.9 Å². The number of aliphatic hydroxyl groups excluding tert-OH is 1. The van der Waals surface area contributed by atoms with Gasteiger partial charge in [0.25, 0.3) is 5.91 Å². The Morgan fingerprint density at radius 1 is 1.28 bits per heavy atom. The number of benzene rings is 1.